The van der Waals surface area contributed by atoms with Gasteiger partial charge in [0.1, 0.15) is 6.61 Å². The highest BCUT2D eigenvalue weighted by atomic mass is 32.2. The minimum atomic E-state index is -0.634. The van der Waals surface area contributed by atoms with Crippen LogP contribution >= 0.6 is 11.8 Å². The molecule has 0 radical (unpaired) electrons. The highest BCUT2D eigenvalue weighted by molar-refractivity contribution is 8.14. The van der Waals surface area contributed by atoms with Crippen LogP contribution in [0.15, 0.2) is 65.7 Å². The van der Waals surface area contributed by atoms with Crippen molar-refractivity contribution in [3.8, 4) is 0 Å². The first kappa shape index (κ1) is 21.9. The maximum absolute atomic E-state index is 13.0. The van der Waals surface area contributed by atoms with Gasteiger partial charge in [0.25, 0.3) is 5.91 Å². The first-order valence-corrected chi connectivity index (χ1v) is 11.2. The van der Waals surface area contributed by atoms with E-state index < -0.39 is 18.2 Å². The van der Waals surface area contributed by atoms with E-state index in [-0.39, 0.29) is 24.2 Å². The molecule has 2 aromatic carbocycles. The minimum Gasteiger partial charge on any atom is -0.460 e. The number of imide groups is 1. The van der Waals surface area contributed by atoms with Crippen molar-refractivity contribution in [1.29, 1.82) is 0 Å². The summed E-state index contributed by atoms with van der Waals surface area (Å²) in [6, 6.07) is 18.2. The zero-order valence-corrected chi connectivity index (χ0v) is 18.7. The Kier molecular flexibility index (Phi) is 6.45. The number of fused-ring (bicyclic) bond motifs is 1. The van der Waals surface area contributed by atoms with Crippen molar-refractivity contribution in [2.45, 2.75) is 25.4 Å². The van der Waals surface area contributed by atoms with Crippen LogP contribution in [0.3, 0.4) is 0 Å². The molecule has 2 aliphatic heterocycles. The Morgan fingerprint density at radius 3 is 2.28 bits per heavy atom. The SMILES string of the molecule is CN1C(=O)C2C(N=C(SCC(=O)OCc3ccccc3)N2Cc2ccccc2)N(C)C1=O. The number of esters is 1. The van der Waals surface area contributed by atoms with E-state index in [1.54, 1.807) is 7.05 Å². The molecule has 0 N–H and O–H groups in total. The van der Waals surface area contributed by atoms with Gasteiger partial charge in [0.15, 0.2) is 17.4 Å². The van der Waals surface area contributed by atoms with E-state index in [9.17, 15) is 14.4 Å². The van der Waals surface area contributed by atoms with Gasteiger partial charge in [-0.25, -0.2) is 9.79 Å². The van der Waals surface area contributed by atoms with Crippen molar-refractivity contribution in [2.24, 2.45) is 4.99 Å². The third-order valence-corrected chi connectivity index (χ3v) is 6.41. The van der Waals surface area contributed by atoms with Crippen LogP contribution in [0.25, 0.3) is 0 Å². The average molecular weight is 453 g/mol. The number of amidine groups is 1. The third-order valence-electron chi connectivity index (χ3n) is 5.43. The number of rotatable bonds is 6. The van der Waals surface area contributed by atoms with Gasteiger partial charge in [-0.2, -0.15) is 0 Å². The van der Waals surface area contributed by atoms with Crippen LogP contribution in [-0.4, -0.2) is 69.8 Å². The molecule has 2 aliphatic rings. The second-order valence-corrected chi connectivity index (χ2v) is 8.55. The topological polar surface area (TPSA) is 82.5 Å². The van der Waals surface area contributed by atoms with E-state index in [0.717, 1.165) is 16.0 Å². The van der Waals surface area contributed by atoms with E-state index in [1.165, 1.54) is 23.7 Å². The number of carbonyl (C=O) groups excluding carboxylic acids is 3. The standard InChI is InChI=1S/C23H24N4O4S/c1-25-20-19(21(29)26(2)23(25)30)27(13-16-9-5-3-6-10-16)22(24-20)32-15-18(28)31-14-17-11-7-4-8-12-17/h3-12,19-20H,13-15H2,1-2H3. The van der Waals surface area contributed by atoms with Crippen LogP contribution in [0, 0.1) is 0 Å². The fraction of sp³-hybridized carbons (Fsp3) is 0.304. The molecule has 32 heavy (non-hydrogen) atoms. The first-order valence-electron chi connectivity index (χ1n) is 10.2. The Balaban J connectivity index is 1.48. The fourth-order valence-electron chi connectivity index (χ4n) is 3.71. The number of urea groups is 1. The molecule has 2 heterocycles. The van der Waals surface area contributed by atoms with E-state index in [0.29, 0.717) is 11.7 Å². The molecule has 1 fully saturated rings. The highest BCUT2D eigenvalue weighted by Gasteiger charge is 2.51. The second kappa shape index (κ2) is 9.44. The van der Waals surface area contributed by atoms with Crippen molar-refractivity contribution >= 4 is 34.8 Å². The molecule has 1 saturated heterocycles. The maximum atomic E-state index is 13.0. The van der Waals surface area contributed by atoms with Gasteiger partial charge < -0.3 is 14.5 Å². The Hall–Kier alpha value is -3.33. The number of nitrogens with zero attached hydrogens (tertiary/aromatic N) is 4. The normalized spacial score (nSPS) is 20.3. The molecule has 0 spiro atoms. The molecule has 0 bridgehead atoms. The Bertz CT molecular complexity index is 1030. The van der Waals surface area contributed by atoms with Crippen molar-refractivity contribution in [3.05, 3.63) is 71.8 Å². The zero-order chi connectivity index (χ0) is 22.7. The van der Waals surface area contributed by atoms with Crippen molar-refractivity contribution in [2.75, 3.05) is 19.8 Å². The third kappa shape index (κ3) is 4.47. The van der Waals surface area contributed by atoms with Gasteiger partial charge in [0.2, 0.25) is 0 Å². The Morgan fingerprint density at radius 2 is 1.62 bits per heavy atom. The summed E-state index contributed by atoms with van der Waals surface area (Å²) in [5, 5.41) is 0.545. The Morgan fingerprint density at radius 1 is 1.00 bits per heavy atom. The molecule has 2 unspecified atom stereocenters. The predicted octanol–water partition coefficient (Wildman–Crippen LogP) is 2.55. The van der Waals surface area contributed by atoms with E-state index in [4.69, 9.17) is 4.74 Å². The van der Waals surface area contributed by atoms with Gasteiger partial charge in [-0.1, -0.05) is 72.4 Å². The second-order valence-electron chi connectivity index (χ2n) is 7.61. The molecule has 9 heteroatoms. The molecule has 0 aromatic heterocycles. The number of likely N-dealkylation sites (N-methyl/N-ethyl adjacent to an activating group) is 2. The number of ether oxygens (including phenoxy) is 1. The van der Waals surface area contributed by atoms with E-state index >= 15 is 0 Å². The average Bonchev–Trinajstić information content (AvgIpc) is 3.18. The van der Waals surface area contributed by atoms with Crippen molar-refractivity contribution in [1.82, 2.24) is 14.7 Å². The molecule has 4 rings (SSSR count). The van der Waals surface area contributed by atoms with Gasteiger partial charge in [-0.05, 0) is 11.1 Å². The number of hydrogen-bond donors (Lipinski definition) is 0. The molecule has 0 aliphatic carbocycles. The summed E-state index contributed by atoms with van der Waals surface area (Å²) in [5.41, 5.74) is 1.91. The predicted molar refractivity (Wildman–Crippen MR) is 122 cm³/mol. The monoisotopic (exact) mass is 452 g/mol. The summed E-state index contributed by atoms with van der Waals surface area (Å²) < 4.78 is 5.36. The molecular formula is C23H24N4O4S. The van der Waals surface area contributed by atoms with E-state index in [2.05, 4.69) is 4.99 Å². The van der Waals surface area contributed by atoms with Crippen molar-refractivity contribution in [3.63, 3.8) is 0 Å². The molecule has 0 saturated carbocycles. The molecule has 2 atom stereocenters. The molecule has 8 nitrogen and oxygen atoms in total. The highest BCUT2D eigenvalue weighted by Crippen LogP contribution is 2.32. The minimum absolute atomic E-state index is 0.0537. The number of benzene rings is 2. The number of aliphatic imine (C=N–C) groups is 1. The lowest BCUT2D eigenvalue weighted by molar-refractivity contribution is -0.141. The van der Waals surface area contributed by atoms with Crippen LogP contribution in [0.1, 0.15) is 11.1 Å². The quantitative estimate of drug-likeness (QED) is 0.627. The molecular weight excluding hydrogens is 428 g/mol. The maximum Gasteiger partial charge on any atom is 0.328 e. The van der Waals surface area contributed by atoms with Crippen LogP contribution in [0.4, 0.5) is 4.79 Å². The summed E-state index contributed by atoms with van der Waals surface area (Å²) in [4.78, 5) is 46.8. The lowest BCUT2D eigenvalue weighted by Crippen LogP contribution is -2.63. The summed E-state index contributed by atoms with van der Waals surface area (Å²) in [7, 11) is 3.11. The lowest BCUT2D eigenvalue weighted by atomic mass is 10.1. The van der Waals surface area contributed by atoms with Gasteiger partial charge in [-0.3, -0.25) is 14.5 Å². The molecule has 3 amide bonds. The number of hydrogen-bond acceptors (Lipinski definition) is 7. The van der Waals surface area contributed by atoms with Crippen LogP contribution in [-0.2, 0) is 27.5 Å². The largest absolute Gasteiger partial charge is 0.460 e. The van der Waals surface area contributed by atoms with Gasteiger partial charge in [0.05, 0.1) is 5.75 Å². The number of amides is 3. The fourth-order valence-corrected chi connectivity index (χ4v) is 4.57. The first-order chi connectivity index (χ1) is 15.5. The lowest BCUT2D eigenvalue weighted by Gasteiger charge is -2.40. The van der Waals surface area contributed by atoms with Gasteiger partial charge in [0, 0.05) is 20.6 Å². The number of thioether (sulfide) groups is 1. The molecule has 166 valence electrons. The number of carbonyl (C=O) groups is 3. The summed E-state index contributed by atoms with van der Waals surface area (Å²) in [6.07, 6.45) is -0.627. The van der Waals surface area contributed by atoms with Crippen LogP contribution in [0.5, 0.6) is 0 Å². The summed E-state index contributed by atoms with van der Waals surface area (Å²) in [5.74, 6) is -0.623. The van der Waals surface area contributed by atoms with Gasteiger partial charge in [-0.15, -0.1) is 0 Å². The summed E-state index contributed by atoms with van der Waals surface area (Å²) >= 11 is 1.22. The summed E-state index contributed by atoms with van der Waals surface area (Å²) in [6.45, 7) is 0.640. The van der Waals surface area contributed by atoms with E-state index in [1.807, 2.05) is 65.6 Å². The van der Waals surface area contributed by atoms with Crippen LogP contribution < -0.4 is 0 Å². The Labute approximate surface area is 190 Å². The van der Waals surface area contributed by atoms with Crippen molar-refractivity contribution < 1.29 is 19.1 Å². The smallest absolute Gasteiger partial charge is 0.328 e. The van der Waals surface area contributed by atoms with Crippen LogP contribution in [0.2, 0.25) is 0 Å². The zero-order valence-electron chi connectivity index (χ0n) is 17.9. The molecule has 2 aromatic rings. The van der Waals surface area contributed by atoms with Gasteiger partial charge >= 0.3 is 12.0 Å².